The van der Waals surface area contributed by atoms with Crippen molar-refractivity contribution >= 4 is 17.5 Å². The minimum Gasteiger partial charge on any atom is -0.371 e. The summed E-state index contributed by atoms with van der Waals surface area (Å²) in [5.74, 6) is -0.0344. The fraction of sp³-hybridized carbons (Fsp3) is 0.579. The summed E-state index contributed by atoms with van der Waals surface area (Å²) in [5.41, 5.74) is -0.237. The maximum Gasteiger partial charge on any atom is 0.246 e. The second kappa shape index (κ2) is 7.02. The summed E-state index contributed by atoms with van der Waals surface area (Å²) >= 11 is 0. The molecule has 1 aliphatic heterocycles. The lowest BCUT2D eigenvalue weighted by Gasteiger charge is -2.42. The highest BCUT2D eigenvalue weighted by Gasteiger charge is 2.44. The summed E-state index contributed by atoms with van der Waals surface area (Å²) in [7, 11) is 0. The molecule has 0 radical (unpaired) electrons. The number of nitrogens with one attached hydrogen (secondary N) is 2. The standard InChI is InChI=1S/C19H26FN3O2/c1-13(2)21-18(25)19(22-16-5-3-4-15(20)12-16)8-10-23(11-9-19)17(24)14-6-7-14/h3-5,12-14,22H,6-11H2,1-2H3,(H,21,25). The molecule has 25 heavy (non-hydrogen) atoms. The first-order valence-electron chi connectivity index (χ1n) is 9.03. The number of piperidine rings is 1. The van der Waals surface area contributed by atoms with Crippen molar-refractivity contribution in [3.05, 3.63) is 30.1 Å². The van der Waals surface area contributed by atoms with Crippen LogP contribution < -0.4 is 10.6 Å². The Morgan fingerprint density at radius 1 is 1.24 bits per heavy atom. The van der Waals surface area contributed by atoms with E-state index in [4.69, 9.17) is 0 Å². The molecule has 0 atom stereocenters. The number of amides is 2. The zero-order valence-electron chi connectivity index (χ0n) is 14.8. The molecular formula is C19H26FN3O2. The number of hydrogen-bond acceptors (Lipinski definition) is 3. The van der Waals surface area contributed by atoms with Gasteiger partial charge in [0.2, 0.25) is 11.8 Å². The Bertz CT molecular complexity index is 650. The van der Waals surface area contributed by atoms with Crippen molar-refractivity contribution in [1.82, 2.24) is 10.2 Å². The van der Waals surface area contributed by atoms with Crippen LogP contribution in [0.1, 0.15) is 39.5 Å². The fourth-order valence-electron chi connectivity index (χ4n) is 3.35. The van der Waals surface area contributed by atoms with E-state index in [9.17, 15) is 14.0 Å². The lowest BCUT2D eigenvalue weighted by molar-refractivity contribution is -0.137. The normalized spacial score (nSPS) is 19.6. The van der Waals surface area contributed by atoms with E-state index in [0.29, 0.717) is 31.6 Å². The van der Waals surface area contributed by atoms with Crippen LogP contribution in [0.25, 0.3) is 0 Å². The molecule has 2 fully saturated rings. The van der Waals surface area contributed by atoms with Crippen molar-refractivity contribution < 1.29 is 14.0 Å². The molecule has 1 aromatic carbocycles. The molecule has 1 aliphatic carbocycles. The third-order valence-electron chi connectivity index (χ3n) is 4.92. The maximum absolute atomic E-state index is 13.5. The first-order valence-corrected chi connectivity index (χ1v) is 9.03. The number of halogens is 1. The van der Waals surface area contributed by atoms with E-state index in [1.807, 2.05) is 18.7 Å². The number of rotatable bonds is 5. The molecule has 2 amide bonds. The van der Waals surface area contributed by atoms with Crippen molar-refractivity contribution in [2.75, 3.05) is 18.4 Å². The highest BCUT2D eigenvalue weighted by Crippen LogP contribution is 2.34. The van der Waals surface area contributed by atoms with Crippen LogP contribution >= 0.6 is 0 Å². The monoisotopic (exact) mass is 347 g/mol. The lowest BCUT2D eigenvalue weighted by Crippen LogP contribution is -2.60. The summed E-state index contributed by atoms with van der Waals surface area (Å²) in [4.78, 5) is 27.0. The van der Waals surface area contributed by atoms with E-state index < -0.39 is 5.54 Å². The predicted molar refractivity (Wildman–Crippen MR) is 94.6 cm³/mol. The molecule has 1 heterocycles. The van der Waals surface area contributed by atoms with Crippen molar-refractivity contribution in [3.63, 3.8) is 0 Å². The van der Waals surface area contributed by atoms with Gasteiger partial charge in [-0.25, -0.2) is 4.39 Å². The predicted octanol–water partition coefficient (Wildman–Crippen LogP) is 2.53. The third kappa shape index (κ3) is 4.11. The van der Waals surface area contributed by atoms with Crippen molar-refractivity contribution in [2.45, 2.75) is 51.1 Å². The number of benzene rings is 1. The van der Waals surface area contributed by atoms with Gasteiger partial charge in [-0.1, -0.05) is 6.07 Å². The molecule has 0 spiro atoms. The van der Waals surface area contributed by atoms with Gasteiger partial charge in [-0.15, -0.1) is 0 Å². The maximum atomic E-state index is 13.5. The third-order valence-corrected chi connectivity index (χ3v) is 4.92. The second-order valence-electron chi connectivity index (χ2n) is 7.45. The Hall–Kier alpha value is -2.11. The van der Waals surface area contributed by atoms with E-state index in [1.54, 1.807) is 12.1 Å². The van der Waals surface area contributed by atoms with Crippen molar-refractivity contribution in [1.29, 1.82) is 0 Å². The number of carbonyl (C=O) groups excluding carboxylic acids is 2. The van der Waals surface area contributed by atoms with Crippen LogP contribution in [0.3, 0.4) is 0 Å². The van der Waals surface area contributed by atoms with Gasteiger partial charge < -0.3 is 15.5 Å². The van der Waals surface area contributed by atoms with E-state index in [1.165, 1.54) is 12.1 Å². The Morgan fingerprint density at radius 2 is 1.92 bits per heavy atom. The Kier molecular flexibility index (Phi) is 4.97. The molecule has 1 aromatic rings. The highest BCUT2D eigenvalue weighted by molar-refractivity contribution is 5.90. The number of hydrogen-bond donors (Lipinski definition) is 2. The highest BCUT2D eigenvalue weighted by atomic mass is 19.1. The van der Waals surface area contributed by atoms with Crippen LogP contribution in [-0.4, -0.2) is 41.4 Å². The zero-order valence-corrected chi connectivity index (χ0v) is 14.8. The molecule has 3 rings (SSSR count). The van der Waals surface area contributed by atoms with E-state index in [0.717, 1.165) is 12.8 Å². The molecular weight excluding hydrogens is 321 g/mol. The lowest BCUT2D eigenvalue weighted by atomic mass is 9.85. The average Bonchev–Trinajstić information content (AvgIpc) is 3.39. The first kappa shape index (κ1) is 17.7. The van der Waals surface area contributed by atoms with Gasteiger partial charge in [-0.3, -0.25) is 9.59 Å². The van der Waals surface area contributed by atoms with Gasteiger partial charge in [-0.2, -0.15) is 0 Å². The fourth-order valence-corrected chi connectivity index (χ4v) is 3.35. The Morgan fingerprint density at radius 3 is 2.48 bits per heavy atom. The van der Waals surface area contributed by atoms with Crippen LogP contribution in [0.2, 0.25) is 0 Å². The SMILES string of the molecule is CC(C)NC(=O)C1(Nc2cccc(F)c2)CCN(C(=O)C2CC2)CC1. The smallest absolute Gasteiger partial charge is 0.246 e. The summed E-state index contributed by atoms with van der Waals surface area (Å²) in [6.45, 7) is 4.92. The molecule has 2 aliphatic rings. The van der Waals surface area contributed by atoms with Crippen LogP contribution in [0.15, 0.2) is 24.3 Å². The largest absolute Gasteiger partial charge is 0.371 e. The molecule has 0 unspecified atom stereocenters. The summed E-state index contributed by atoms with van der Waals surface area (Å²) in [6, 6.07) is 6.17. The van der Waals surface area contributed by atoms with Gasteiger partial charge in [0.15, 0.2) is 0 Å². The average molecular weight is 347 g/mol. The Balaban J connectivity index is 1.76. The molecule has 0 bridgehead atoms. The van der Waals surface area contributed by atoms with Gasteiger partial charge in [0.05, 0.1) is 0 Å². The van der Waals surface area contributed by atoms with E-state index >= 15 is 0 Å². The molecule has 0 aromatic heterocycles. The van der Waals surface area contributed by atoms with Crippen LogP contribution in [0, 0.1) is 11.7 Å². The molecule has 1 saturated heterocycles. The number of carbonyl (C=O) groups is 2. The second-order valence-corrected chi connectivity index (χ2v) is 7.45. The van der Waals surface area contributed by atoms with Crippen LogP contribution in [0.5, 0.6) is 0 Å². The molecule has 136 valence electrons. The van der Waals surface area contributed by atoms with Gasteiger partial charge in [0.1, 0.15) is 11.4 Å². The number of anilines is 1. The van der Waals surface area contributed by atoms with Crippen molar-refractivity contribution in [2.24, 2.45) is 5.92 Å². The van der Waals surface area contributed by atoms with Gasteiger partial charge in [-0.05, 0) is 57.7 Å². The number of nitrogens with zero attached hydrogens (tertiary/aromatic N) is 1. The van der Waals surface area contributed by atoms with E-state index in [-0.39, 0.29) is 29.6 Å². The Labute approximate surface area is 148 Å². The first-order chi connectivity index (χ1) is 11.9. The van der Waals surface area contributed by atoms with Crippen molar-refractivity contribution in [3.8, 4) is 0 Å². The summed E-state index contributed by atoms with van der Waals surface area (Å²) in [6.07, 6.45) is 2.99. The minimum atomic E-state index is -0.821. The van der Waals surface area contributed by atoms with Crippen LogP contribution in [-0.2, 0) is 9.59 Å². The topological polar surface area (TPSA) is 61.4 Å². The summed E-state index contributed by atoms with van der Waals surface area (Å²) < 4.78 is 13.5. The number of likely N-dealkylation sites (tertiary alicyclic amines) is 1. The minimum absolute atomic E-state index is 0.0183. The van der Waals surface area contributed by atoms with Gasteiger partial charge in [0, 0.05) is 30.7 Å². The van der Waals surface area contributed by atoms with E-state index in [2.05, 4.69) is 10.6 Å². The van der Waals surface area contributed by atoms with Gasteiger partial charge >= 0.3 is 0 Å². The molecule has 1 saturated carbocycles. The van der Waals surface area contributed by atoms with Gasteiger partial charge in [0.25, 0.3) is 0 Å². The molecule has 2 N–H and O–H groups in total. The van der Waals surface area contributed by atoms with Crippen LogP contribution in [0.4, 0.5) is 10.1 Å². The molecule has 5 nitrogen and oxygen atoms in total. The summed E-state index contributed by atoms with van der Waals surface area (Å²) in [5, 5.41) is 6.22. The zero-order chi connectivity index (χ0) is 18.0. The quantitative estimate of drug-likeness (QED) is 0.860. The molecule has 6 heteroatoms.